The Morgan fingerprint density at radius 3 is 2.68 bits per heavy atom. The normalized spacial score (nSPS) is 11.7. The molecule has 0 fully saturated rings. The SMILES string of the molecule is CCNC(=NCc1ccnn1C)NCCOc1ncc(C(F)(F)F)cc1Cl.I. The molecule has 0 aliphatic heterocycles. The number of alkyl halides is 3. The number of hydrogen-bond acceptors (Lipinski definition) is 4. The van der Waals surface area contributed by atoms with Crippen molar-refractivity contribution in [2.45, 2.75) is 19.6 Å². The first-order chi connectivity index (χ1) is 12.8. The second kappa shape index (κ2) is 11.3. The van der Waals surface area contributed by atoms with Crippen LogP contribution < -0.4 is 15.4 Å². The van der Waals surface area contributed by atoms with E-state index in [-0.39, 0.29) is 41.5 Å². The van der Waals surface area contributed by atoms with E-state index >= 15 is 0 Å². The fourth-order valence-electron chi connectivity index (χ4n) is 2.06. The van der Waals surface area contributed by atoms with Crippen molar-refractivity contribution < 1.29 is 17.9 Å². The van der Waals surface area contributed by atoms with Crippen LogP contribution in [0.1, 0.15) is 18.2 Å². The van der Waals surface area contributed by atoms with E-state index in [0.717, 1.165) is 11.8 Å². The number of rotatable bonds is 7. The first-order valence-corrected chi connectivity index (χ1v) is 8.53. The lowest BCUT2D eigenvalue weighted by atomic mass is 10.3. The molecular weight excluding hydrogens is 512 g/mol. The first-order valence-electron chi connectivity index (χ1n) is 8.16. The predicted octanol–water partition coefficient (Wildman–Crippen LogP) is 3.24. The van der Waals surface area contributed by atoms with E-state index in [0.29, 0.717) is 31.8 Å². The number of hydrogen-bond donors (Lipinski definition) is 2. The zero-order valence-corrected chi connectivity index (χ0v) is 18.3. The predicted molar refractivity (Wildman–Crippen MR) is 111 cm³/mol. The van der Waals surface area contributed by atoms with Gasteiger partial charge in [-0.15, -0.1) is 24.0 Å². The molecule has 2 N–H and O–H groups in total. The van der Waals surface area contributed by atoms with Crippen molar-refractivity contribution in [1.29, 1.82) is 0 Å². The zero-order chi connectivity index (χ0) is 19.9. The molecule has 12 heteroatoms. The largest absolute Gasteiger partial charge is 0.475 e. The second-order valence-corrected chi connectivity index (χ2v) is 5.83. The summed E-state index contributed by atoms with van der Waals surface area (Å²) in [6.07, 6.45) is -2.12. The molecule has 28 heavy (non-hydrogen) atoms. The van der Waals surface area contributed by atoms with Crippen molar-refractivity contribution in [2.75, 3.05) is 19.7 Å². The number of aryl methyl sites for hydroxylation is 1. The van der Waals surface area contributed by atoms with Crippen LogP contribution in [0.3, 0.4) is 0 Å². The molecule has 2 aromatic rings. The number of guanidine groups is 1. The summed E-state index contributed by atoms with van der Waals surface area (Å²) in [5.41, 5.74) is 0.0268. The van der Waals surface area contributed by atoms with Gasteiger partial charge >= 0.3 is 6.18 Å². The molecule has 0 atom stereocenters. The van der Waals surface area contributed by atoms with Crippen molar-refractivity contribution in [1.82, 2.24) is 25.4 Å². The number of nitrogens with one attached hydrogen (secondary N) is 2. The highest BCUT2D eigenvalue weighted by atomic mass is 127. The van der Waals surface area contributed by atoms with Gasteiger partial charge in [0.2, 0.25) is 5.88 Å². The standard InChI is InChI=1S/C16H20ClF3N6O.HI/c1-3-21-15(24-10-12-4-5-25-26(12)2)22-6-7-27-14-13(17)8-11(9-23-14)16(18,19)20;/h4-5,8-9H,3,6-7,10H2,1-2H3,(H2,21,22,24);1H. The Morgan fingerprint density at radius 2 is 2.11 bits per heavy atom. The van der Waals surface area contributed by atoms with Gasteiger partial charge in [0, 0.05) is 26.0 Å². The molecule has 2 aromatic heterocycles. The van der Waals surface area contributed by atoms with E-state index in [4.69, 9.17) is 16.3 Å². The van der Waals surface area contributed by atoms with Crippen molar-refractivity contribution in [3.05, 3.63) is 40.8 Å². The molecule has 7 nitrogen and oxygen atoms in total. The summed E-state index contributed by atoms with van der Waals surface area (Å²) in [5.74, 6) is 0.525. The highest BCUT2D eigenvalue weighted by Gasteiger charge is 2.31. The van der Waals surface area contributed by atoms with Gasteiger partial charge in [0.05, 0.1) is 24.3 Å². The minimum Gasteiger partial charge on any atom is -0.475 e. The van der Waals surface area contributed by atoms with E-state index in [1.54, 1.807) is 10.9 Å². The summed E-state index contributed by atoms with van der Waals surface area (Å²) in [7, 11) is 1.83. The van der Waals surface area contributed by atoms with Gasteiger partial charge in [0.15, 0.2) is 5.96 Å². The third-order valence-electron chi connectivity index (χ3n) is 3.43. The van der Waals surface area contributed by atoms with Crippen LogP contribution in [0.4, 0.5) is 13.2 Å². The lowest BCUT2D eigenvalue weighted by Crippen LogP contribution is -2.39. The molecule has 2 rings (SSSR count). The fraction of sp³-hybridized carbons (Fsp3) is 0.438. The lowest BCUT2D eigenvalue weighted by molar-refractivity contribution is -0.137. The van der Waals surface area contributed by atoms with E-state index < -0.39 is 11.7 Å². The molecule has 0 saturated heterocycles. The van der Waals surface area contributed by atoms with Crippen LogP contribution >= 0.6 is 35.6 Å². The van der Waals surface area contributed by atoms with E-state index in [2.05, 4.69) is 25.7 Å². The van der Waals surface area contributed by atoms with Crippen LogP contribution in [-0.2, 0) is 19.8 Å². The highest BCUT2D eigenvalue weighted by Crippen LogP contribution is 2.32. The number of pyridine rings is 1. The molecule has 0 unspecified atom stereocenters. The van der Waals surface area contributed by atoms with Gasteiger partial charge in [-0.25, -0.2) is 9.98 Å². The number of nitrogens with zero attached hydrogens (tertiary/aromatic N) is 4. The van der Waals surface area contributed by atoms with E-state index in [1.807, 2.05) is 20.0 Å². The molecule has 0 spiro atoms. The van der Waals surface area contributed by atoms with E-state index in [1.165, 1.54) is 0 Å². The summed E-state index contributed by atoms with van der Waals surface area (Å²) < 4.78 is 44.8. The Labute approximate surface area is 182 Å². The monoisotopic (exact) mass is 532 g/mol. The quantitative estimate of drug-likeness (QED) is 0.248. The maximum Gasteiger partial charge on any atom is 0.417 e. The average molecular weight is 533 g/mol. The number of ether oxygens (including phenoxy) is 1. The number of aliphatic imine (C=N–C) groups is 1. The molecule has 0 aliphatic carbocycles. The third kappa shape index (κ3) is 7.34. The molecule has 0 bridgehead atoms. The van der Waals surface area contributed by atoms with Gasteiger partial charge in [-0.05, 0) is 19.1 Å². The maximum absolute atomic E-state index is 12.6. The van der Waals surface area contributed by atoms with Gasteiger partial charge < -0.3 is 15.4 Å². The molecule has 0 aromatic carbocycles. The highest BCUT2D eigenvalue weighted by molar-refractivity contribution is 14.0. The Hall–Kier alpha value is -1.76. The molecule has 0 saturated carbocycles. The summed E-state index contributed by atoms with van der Waals surface area (Å²) >= 11 is 5.80. The summed E-state index contributed by atoms with van der Waals surface area (Å²) in [6.45, 7) is 3.55. The van der Waals surface area contributed by atoms with Gasteiger partial charge in [0.25, 0.3) is 0 Å². The molecular formula is C16H21ClF3IN6O. The van der Waals surface area contributed by atoms with Crippen molar-refractivity contribution >= 4 is 41.5 Å². The van der Waals surface area contributed by atoms with Gasteiger partial charge in [-0.1, -0.05) is 11.6 Å². The van der Waals surface area contributed by atoms with Crippen molar-refractivity contribution in [3.8, 4) is 5.88 Å². The van der Waals surface area contributed by atoms with Crippen LogP contribution in [-0.4, -0.2) is 40.4 Å². The molecule has 156 valence electrons. The van der Waals surface area contributed by atoms with Crippen molar-refractivity contribution in [2.24, 2.45) is 12.0 Å². The summed E-state index contributed by atoms with van der Waals surface area (Å²) in [6, 6.07) is 2.66. The Balaban J connectivity index is 0.00000392. The molecule has 0 radical (unpaired) electrons. The number of aromatic nitrogens is 3. The Morgan fingerprint density at radius 1 is 1.36 bits per heavy atom. The first kappa shape index (κ1) is 24.3. The molecule has 0 amide bonds. The smallest absolute Gasteiger partial charge is 0.417 e. The third-order valence-corrected chi connectivity index (χ3v) is 3.70. The molecule has 2 heterocycles. The van der Waals surface area contributed by atoms with Gasteiger partial charge in [-0.2, -0.15) is 18.3 Å². The second-order valence-electron chi connectivity index (χ2n) is 5.43. The average Bonchev–Trinajstić information content (AvgIpc) is 3.01. The van der Waals surface area contributed by atoms with Crippen molar-refractivity contribution in [3.63, 3.8) is 0 Å². The van der Waals surface area contributed by atoms with Crippen LogP contribution in [0.2, 0.25) is 5.02 Å². The summed E-state index contributed by atoms with van der Waals surface area (Å²) in [4.78, 5) is 8.05. The van der Waals surface area contributed by atoms with Crippen LogP contribution in [0.5, 0.6) is 5.88 Å². The van der Waals surface area contributed by atoms with Gasteiger partial charge in [-0.3, -0.25) is 4.68 Å². The number of halogens is 5. The maximum atomic E-state index is 12.6. The fourth-order valence-corrected chi connectivity index (χ4v) is 2.28. The minimum atomic E-state index is -4.50. The van der Waals surface area contributed by atoms with Gasteiger partial charge in [0.1, 0.15) is 11.6 Å². The van der Waals surface area contributed by atoms with Crippen LogP contribution in [0.15, 0.2) is 29.5 Å². The summed E-state index contributed by atoms with van der Waals surface area (Å²) in [5, 5.41) is 10.0. The van der Waals surface area contributed by atoms with E-state index in [9.17, 15) is 13.2 Å². The topological polar surface area (TPSA) is 76.4 Å². The molecule has 0 aliphatic rings. The Kier molecular flexibility index (Phi) is 9.79. The lowest BCUT2D eigenvalue weighted by Gasteiger charge is -2.13. The van der Waals surface area contributed by atoms with Crippen LogP contribution in [0.25, 0.3) is 0 Å². The van der Waals surface area contributed by atoms with Crippen LogP contribution in [0, 0.1) is 0 Å². The zero-order valence-electron chi connectivity index (χ0n) is 15.3. The minimum absolute atomic E-state index is 0. The Bertz CT molecular complexity index is 784.